The number of rotatable bonds is 6. The number of hydrogen-bond acceptors (Lipinski definition) is 4. The molecule has 1 saturated heterocycles. The van der Waals surface area contributed by atoms with Crippen LogP contribution in [0.3, 0.4) is 0 Å². The monoisotopic (exact) mass is 360 g/mol. The first-order valence-corrected chi connectivity index (χ1v) is 11.1. The van der Waals surface area contributed by atoms with Crippen LogP contribution < -0.4 is 4.72 Å². The summed E-state index contributed by atoms with van der Waals surface area (Å²) in [6.45, 7) is 2.73. The van der Waals surface area contributed by atoms with Gasteiger partial charge in [-0.2, -0.15) is 4.31 Å². The summed E-state index contributed by atoms with van der Waals surface area (Å²) in [7, 11) is -6.76. The molecule has 1 aromatic carbocycles. The molecule has 1 fully saturated rings. The summed E-state index contributed by atoms with van der Waals surface area (Å²) in [5.41, 5.74) is 1.13. The third-order valence-corrected chi connectivity index (χ3v) is 6.61. The maximum Gasteiger partial charge on any atom is 0.243 e. The number of hydrogen-bond donors (Lipinski definition) is 1. The molecule has 0 unspecified atom stereocenters. The molecule has 0 atom stereocenters. The molecule has 1 aliphatic rings. The molecule has 1 heterocycles. The highest BCUT2D eigenvalue weighted by Crippen LogP contribution is 2.21. The Kier molecular flexibility index (Phi) is 5.83. The number of aryl methyl sites for hydroxylation is 1. The normalized spacial score (nSPS) is 18.2. The molecule has 0 aliphatic carbocycles. The van der Waals surface area contributed by atoms with E-state index < -0.39 is 20.0 Å². The van der Waals surface area contributed by atoms with Crippen molar-refractivity contribution in [1.29, 1.82) is 0 Å². The number of benzene rings is 1. The van der Waals surface area contributed by atoms with Gasteiger partial charge in [-0.25, -0.2) is 21.6 Å². The van der Waals surface area contributed by atoms with Crippen LogP contribution in [0.25, 0.3) is 0 Å². The van der Waals surface area contributed by atoms with Crippen molar-refractivity contribution in [1.82, 2.24) is 9.03 Å². The molecule has 8 heteroatoms. The third kappa shape index (κ3) is 5.00. The highest BCUT2D eigenvalue weighted by Gasteiger charge is 2.30. The summed E-state index contributed by atoms with van der Waals surface area (Å²) in [6, 6.07) is 6.83. The van der Waals surface area contributed by atoms with Crippen molar-refractivity contribution in [3.05, 3.63) is 29.8 Å². The van der Waals surface area contributed by atoms with Crippen LogP contribution >= 0.6 is 0 Å². The Balaban J connectivity index is 2.04. The van der Waals surface area contributed by atoms with Gasteiger partial charge in [0.25, 0.3) is 0 Å². The van der Waals surface area contributed by atoms with Crippen molar-refractivity contribution < 1.29 is 16.8 Å². The fraction of sp³-hybridized carbons (Fsp3) is 0.600. The predicted octanol–water partition coefficient (Wildman–Crippen LogP) is 1.34. The van der Waals surface area contributed by atoms with Crippen LogP contribution in [0.2, 0.25) is 0 Å². The van der Waals surface area contributed by atoms with Crippen LogP contribution in [0.15, 0.2) is 29.2 Å². The van der Waals surface area contributed by atoms with E-state index >= 15 is 0 Å². The summed E-state index contributed by atoms with van der Waals surface area (Å²) >= 11 is 0. The fourth-order valence-electron chi connectivity index (χ4n) is 2.78. The van der Waals surface area contributed by atoms with Gasteiger partial charge in [-0.3, -0.25) is 0 Å². The molecule has 23 heavy (non-hydrogen) atoms. The van der Waals surface area contributed by atoms with Crippen molar-refractivity contribution in [2.24, 2.45) is 0 Å². The first-order chi connectivity index (χ1) is 10.7. The number of piperidine rings is 1. The van der Waals surface area contributed by atoms with Crippen molar-refractivity contribution in [3.63, 3.8) is 0 Å². The van der Waals surface area contributed by atoms with E-state index in [-0.39, 0.29) is 6.04 Å². The van der Waals surface area contributed by atoms with E-state index in [1.807, 2.05) is 12.1 Å². The molecule has 130 valence electrons. The lowest BCUT2D eigenvalue weighted by atomic mass is 10.1. The first kappa shape index (κ1) is 18.4. The molecule has 0 bridgehead atoms. The van der Waals surface area contributed by atoms with E-state index in [1.54, 1.807) is 12.1 Å². The second-order valence-corrected chi connectivity index (χ2v) is 9.68. The second kappa shape index (κ2) is 7.29. The van der Waals surface area contributed by atoms with Gasteiger partial charge < -0.3 is 0 Å². The molecule has 1 aromatic rings. The van der Waals surface area contributed by atoms with Gasteiger partial charge in [0, 0.05) is 19.1 Å². The number of nitrogens with one attached hydrogen (secondary N) is 1. The SMILES string of the molecule is CCCc1ccc(S(=O)(=O)N2CCC(NS(C)(=O)=O)CC2)cc1. The molecule has 0 radical (unpaired) electrons. The van der Waals surface area contributed by atoms with E-state index in [0.29, 0.717) is 30.8 Å². The zero-order valence-electron chi connectivity index (χ0n) is 13.5. The number of nitrogens with zero attached hydrogens (tertiary/aromatic N) is 1. The summed E-state index contributed by atoms with van der Waals surface area (Å²) < 4.78 is 51.7. The molecule has 2 rings (SSSR count). The summed E-state index contributed by atoms with van der Waals surface area (Å²) in [5, 5.41) is 0. The largest absolute Gasteiger partial charge is 0.243 e. The van der Waals surface area contributed by atoms with Crippen molar-refractivity contribution >= 4 is 20.0 Å². The Morgan fingerprint density at radius 2 is 1.65 bits per heavy atom. The van der Waals surface area contributed by atoms with Gasteiger partial charge in [-0.05, 0) is 37.0 Å². The summed E-state index contributed by atoms with van der Waals surface area (Å²) in [5.74, 6) is 0. The molecular formula is C15H24N2O4S2. The molecule has 0 aromatic heterocycles. The van der Waals surface area contributed by atoms with Crippen molar-refractivity contribution in [2.75, 3.05) is 19.3 Å². The summed E-state index contributed by atoms with van der Waals surface area (Å²) in [4.78, 5) is 0.298. The minimum absolute atomic E-state index is 0.191. The third-order valence-electron chi connectivity index (χ3n) is 3.93. The van der Waals surface area contributed by atoms with Crippen LogP contribution in [0, 0.1) is 0 Å². The Labute approximate surface area is 139 Å². The lowest BCUT2D eigenvalue weighted by Crippen LogP contribution is -2.46. The van der Waals surface area contributed by atoms with Crippen LogP contribution in [0.4, 0.5) is 0 Å². The molecule has 1 N–H and O–H groups in total. The van der Waals surface area contributed by atoms with Gasteiger partial charge in [-0.15, -0.1) is 0 Å². The van der Waals surface area contributed by atoms with E-state index in [4.69, 9.17) is 0 Å². The quantitative estimate of drug-likeness (QED) is 0.830. The maximum absolute atomic E-state index is 12.6. The molecule has 1 aliphatic heterocycles. The Bertz CT molecular complexity index is 719. The van der Waals surface area contributed by atoms with Gasteiger partial charge in [-0.1, -0.05) is 25.5 Å². The highest BCUT2D eigenvalue weighted by atomic mass is 32.2. The first-order valence-electron chi connectivity index (χ1n) is 7.79. The van der Waals surface area contributed by atoms with E-state index in [9.17, 15) is 16.8 Å². The predicted molar refractivity (Wildman–Crippen MR) is 90.2 cm³/mol. The van der Waals surface area contributed by atoms with Crippen LogP contribution in [-0.2, 0) is 26.5 Å². The van der Waals surface area contributed by atoms with Gasteiger partial charge >= 0.3 is 0 Å². The second-order valence-electron chi connectivity index (χ2n) is 5.96. The van der Waals surface area contributed by atoms with Crippen LogP contribution in [-0.4, -0.2) is 46.5 Å². The topological polar surface area (TPSA) is 83.6 Å². The standard InChI is InChI=1S/C15H24N2O4S2/c1-3-4-13-5-7-15(8-6-13)23(20,21)17-11-9-14(10-12-17)16-22(2,18)19/h5-8,14,16H,3-4,9-12H2,1-2H3. The Morgan fingerprint density at radius 3 is 2.13 bits per heavy atom. The lowest BCUT2D eigenvalue weighted by molar-refractivity contribution is 0.309. The van der Waals surface area contributed by atoms with Crippen LogP contribution in [0.5, 0.6) is 0 Å². The average Bonchev–Trinajstić information content (AvgIpc) is 2.47. The van der Waals surface area contributed by atoms with E-state index in [2.05, 4.69) is 11.6 Å². The van der Waals surface area contributed by atoms with Gasteiger partial charge in [0.2, 0.25) is 20.0 Å². The maximum atomic E-state index is 12.6. The molecule has 0 amide bonds. The zero-order chi connectivity index (χ0) is 17.1. The van der Waals surface area contributed by atoms with Crippen molar-refractivity contribution in [3.8, 4) is 0 Å². The number of sulfonamides is 2. The fourth-order valence-corrected chi connectivity index (χ4v) is 5.09. The molecule has 6 nitrogen and oxygen atoms in total. The molecule has 0 saturated carbocycles. The van der Waals surface area contributed by atoms with Crippen LogP contribution in [0.1, 0.15) is 31.7 Å². The van der Waals surface area contributed by atoms with E-state index in [1.165, 1.54) is 4.31 Å². The lowest BCUT2D eigenvalue weighted by Gasteiger charge is -2.31. The van der Waals surface area contributed by atoms with E-state index in [0.717, 1.165) is 24.7 Å². The minimum Gasteiger partial charge on any atom is -0.213 e. The summed E-state index contributed by atoms with van der Waals surface area (Å²) in [6.07, 6.45) is 4.05. The average molecular weight is 361 g/mol. The van der Waals surface area contributed by atoms with Crippen molar-refractivity contribution in [2.45, 2.75) is 43.5 Å². The minimum atomic E-state index is -3.50. The van der Waals surface area contributed by atoms with Gasteiger partial charge in [0.15, 0.2) is 0 Å². The molecule has 0 spiro atoms. The zero-order valence-corrected chi connectivity index (χ0v) is 15.2. The van der Waals surface area contributed by atoms with Gasteiger partial charge in [0.1, 0.15) is 0 Å². The smallest absolute Gasteiger partial charge is 0.213 e. The Hall–Kier alpha value is -0.960. The van der Waals surface area contributed by atoms with Gasteiger partial charge in [0.05, 0.1) is 11.2 Å². The molecular weight excluding hydrogens is 336 g/mol. The Morgan fingerprint density at radius 1 is 1.09 bits per heavy atom. The highest BCUT2D eigenvalue weighted by molar-refractivity contribution is 7.89.